The van der Waals surface area contributed by atoms with Crippen molar-refractivity contribution in [3.63, 3.8) is 0 Å². The van der Waals surface area contributed by atoms with Crippen molar-refractivity contribution in [2.75, 3.05) is 0 Å². The highest BCUT2D eigenvalue weighted by molar-refractivity contribution is 7.98. The van der Waals surface area contributed by atoms with Crippen LogP contribution in [0.3, 0.4) is 0 Å². The first-order chi connectivity index (χ1) is 16.4. The molecule has 0 saturated carbocycles. The molecule has 6 heteroatoms. The van der Waals surface area contributed by atoms with Gasteiger partial charge in [0.2, 0.25) is 0 Å². The number of hydrogen-bond donors (Lipinski definition) is 0. The number of thioether (sulfide) groups is 1. The summed E-state index contributed by atoms with van der Waals surface area (Å²) in [5.74, 6) is 1.24. The Labute approximate surface area is 207 Å². The number of fused-ring (bicyclic) bond motifs is 3. The Kier molecular flexibility index (Phi) is 6.28. The van der Waals surface area contributed by atoms with Crippen LogP contribution in [0.15, 0.2) is 70.7 Å². The number of aromatic nitrogens is 3. The summed E-state index contributed by atoms with van der Waals surface area (Å²) in [5, 5.41) is 1.69. The van der Waals surface area contributed by atoms with Crippen molar-refractivity contribution in [1.29, 1.82) is 0 Å². The van der Waals surface area contributed by atoms with Crippen molar-refractivity contribution in [1.82, 2.24) is 14.5 Å². The number of rotatable bonds is 6. The topological polar surface area (TPSA) is 47.8 Å². The predicted molar refractivity (Wildman–Crippen MR) is 144 cm³/mol. The molecule has 5 rings (SSSR count). The fourth-order valence-electron chi connectivity index (χ4n) is 4.08. The summed E-state index contributed by atoms with van der Waals surface area (Å²) in [6.07, 6.45) is 1.77. The van der Waals surface area contributed by atoms with Crippen molar-refractivity contribution in [3.8, 4) is 0 Å². The molecule has 5 aromatic rings. The van der Waals surface area contributed by atoms with Crippen LogP contribution in [0.25, 0.3) is 20.4 Å². The molecular weight excluding hydrogens is 458 g/mol. The minimum atomic E-state index is 0.00407. The van der Waals surface area contributed by atoms with Crippen molar-refractivity contribution in [2.24, 2.45) is 0 Å². The molecule has 0 N–H and O–H groups in total. The lowest BCUT2D eigenvalue weighted by Gasteiger charge is -2.14. The van der Waals surface area contributed by atoms with Crippen LogP contribution in [0.4, 0.5) is 0 Å². The first-order valence-corrected chi connectivity index (χ1v) is 13.3. The SMILES string of the molecule is Cc1ccc(C)c(CSc2nc3c(sc4ncccc43)c(=O)n2Cc2ccc(C(C)C)cc2)c1. The fourth-order valence-corrected chi connectivity index (χ4v) is 6.17. The number of pyridine rings is 1. The molecule has 0 fully saturated rings. The second-order valence-corrected chi connectivity index (χ2v) is 11.0. The molecule has 3 aromatic heterocycles. The van der Waals surface area contributed by atoms with E-state index < -0.39 is 0 Å². The lowest BCUT2D eigenvalue weighted by Crippen LogP contribution is -2.23. The van der Waals surface area contributed by atoms with Crippen LogP contribution >= 0.6 is 23.1 Å². The summed E-state index contributed by atoms with van der Waals surface area (Å²) in [4.78, 5) is 24.1. The first-order valence-electron chi connectivity index (χ1n) is 11.5. The van der Waals surface area contributed by atoms with Gasteiger partial charge in [0.1, 0.15) is 9.53 Å². The standard InChI is InChI=1S/C28H27N3OS2/c1-17(2)21-11-9-20(10-12-21)15-31-27(32)25-24(23-6-5-13-29-26(23)34-25)30-28(31)33-16-22-14-18(3)7-8-19(22)4/h5-14,17H,15-16H2,1-4H3. The molecule has 0 radical (unpaired) electrons. The van der Waals surface area contributed by atoms with E-state index in [1.807, 2.05) is 16.7 Å². The third kappa shape index (κ3) is 4.40. The second kappa shape index (κ2) is 9.35. The summed E-state index contributed by atoms with van der Waals surface area (Å²) in [5.41, 5.74) is 6.91. The summed E-state index contributed by atoms with van der Waals surface area (Å²) in [6.45, 7) is 9.12. The Bertz CT molecular complexity index is 1550. The maximum atomic E-state index is 13.7. The lowest BCUT2D eigenvalue weighted by molar-refractivity contribution is 0.659. The fraction of sp³-hybridized carbons (Fsp3) is 0.250. The van der Waals surface area contributed by atoms with E-state index in [0.717, 1.165) is 32.2 Å². The summed E-state index contributed by atoms with van der Waals surface area (Å²) < 4.78 is 2.50. The van der Waals surface area contributed by atoms with Crippen LogP contribution in [0.2, 0.25) is 0 Å². The molecule has 0 spiro atoms. The first kappa shape index (κ1) is 22.8. The number of aryl methyl sites for hydroxylation is 2. The van der Waals surface area contributed by atoms with Crippen LogP contribution in [0, 0.1) is 13.8 Å². The Balaban J connectivity index is 1.60. The highest BCUT2D eigenvalue weighted by Gasteiger charge is 2.17. The number of benzene rings is 2. The molecule has 0 amide bonds. The van der Waals surface area contributed by atoms with E-state index in [4.69, 9.17) is 4.98 Å². The van der Waals surface area contributed by atoms with Gasteiger partial charge in [-0.1, -0.05) is 73.6 Å². The molecule has 0 atom stereocenters. The molecule has 2 aromatic carbocycles. The molecular formula is C28H27N3OS2. The molecule has 3 heterocycles. The van der Waals surface area contributed by atoms with Gasteiger partial charge in [-0.2, -0.15) is 0 Å². The number of nitrogens with zero attached hydrogens (tertiary/aromatic N) is 3. The maximum Gasteiger partial charge on any atom is 0.272 e. The van der Waals surface area contributed by atoms with Gasteiger partial charge in [-0.05, 0) is 54.2 Å². The van der Waals surface area contributed by atoms with Crippen LogP contribution in [0.1, 0.15) is 47.6 Å². The molecule has 0 aliphatic carbocycles. The van der Waals surface area contributed by atoms with Gasteiger partial charge in [0.25, 0.3) is 5.56 Å². The predicted octanol–water partition coefficient (Wildman–Crippen LogP) is 7.09. The Morgan fingerprint density at radius 1 is 1.06 bits per heavy atom. The highest BCUT2D eigenvalue weighted by atomic mass is 32.2. The molecule has 0 bridgehead atoms. The van der Waals surface area contributed by atoms with E-state index in [9.17, 15) is 4.79 Å². The maximum absolute atomic E-state index is 13.7. The van der Waals surface area contributed by atoms with Gasteiger partial charge in [-0.3, -0.25) is 9.36 Å². The number of thiophene rings is 1. The Hall–Kier alpha value is -2.96. The van der Waals surface area contributed by atoms with Crippen LogP contribution in [-0.2, 0) is 12.3 Å². The van der Waals surface area contributed by atoms with Crippen LogP contribution < -0.4 is 5.56 Å². The largest absolute Gasteiger partial charge is 0.282 e. The third-order valence-electron chi connectivity index (χ3n) is 6.17. The average Bonchev–Trinajstić information content (AvgIpc) is 3.21. The quantitative estimate of drug-likeness (QED) is 0.190. The van der Waals surface area contributed by atoms with E-state index in [1.165, 1.54) is 33.6 Å². The van der Waals surface area contributed by atoms with E-state index in [-0.39, 0.29) is 5.56 Å². The van der Waals surface area contributed by atoms with Gasteiger partial charge in [0.15, 0.2) is 5.16 Å². The third-order valence-corrected chi connectivity index (χ3v) is 8.28. The normalized spacial score (nSPS) is 11.7. The van der Waals surface area contributed by atoms with E-state index in [2.05, 4.69) is 75.1 Å². The van der Waals surface area contributed by atoms with Gasteiger partial charge in [0, 0.05) is 17.3 Å². The van der Waals surface area contributed by atoms with Gasteiger partial charge in [-0.25, -0.2) is 9.97 Å². The van der Waals surface area contributed by atoms with Crippen molar-refractivity contribution in [2.45, 2.75) is 51.1 Å². The van der Waals surface area contributed by atoms with E-state index >= 15 is 0 Å². The van der Waals surface area contributed by atoms with Gasteiger partial charge >= 0.3 is 0 Å². The Morgan fingerprint density at radius 3 is 2.62 bits per heavy atom. The Morgan fingerprint density at radius 2 is 1.85 bits per heavy atom. The lowest BCUT2D eigenvalue weighted by atomic mass is 10.0. The minimum absolute atomic E-state index is 0.00407. The van der Waals surface area contributed by atoms with Gasteiger partial charge < -0.3 is 0 Å². The second-order valence-electron chi connectivity index (χ2n) is 9.04. The zero-order valence-electron chi connectivity index (χ0n) is 19.8. The molecule has 172 valence electrons. The summed E-state index contributed by atoms with van der Waals surface area (Å²) in [6, 6.07) is 19.0. The smallest absolute Gasteiger partial charge is 0.272 e. The average molecular weight is 486 g/mol. The zero-order valence-corrected chi connectivity index (χ0v) is 21.5. The minimum Gasteiger partial charge on any atom is -0.282 e. The number of hydrogen-bond acceptors (Lipinski definition) is 5. The van der Waals surface area contributed by atoms with E-state index in [0.29, 0.717) is 17.2 Å². The molecule has 0 aliphatic heterocycles. The summed E-state index contributed by atoms with van der Waals surface area (Å²) in [7, 11) is 0. The van der Waals surface area contributed by atoms with Crippen molar-refractivity contribution < 1.29 is 0 Å². The van der Waals surface area contributed by atoms with E-state index in [1.54, 1.807) is 18.0 Å². The molecule has 34 heavy (non-hydrogen) atoms. The van der Waals surface area contributed by atoms with Crippen molar-refractivity contribution >= 4 is 43.5 Å². The van der Waals surface area contributed by atoms with Crippen LogP contribution in [-0.4, -0.2) is 14.5 Å². The van der Waals surface area contributed by atoms with Crippen molar-refractivity contribution in [3.05, 3.63) is 99.0 Å². The molecule has 0 unspecified atom stereocenters. The summed E-state index contributed by atoms with van der Waals surface area (Å²) >= 11 is 3.06. The molecule has 0 aliphatic rings. The zero-order chi connectivity index (χ0) is 23.8. The molecule has 4 nitrogen and oxygen atoms in total. The van der Waals surface area contributed by atoms with Gasteiger partial charge in [0.05, 0.1) is 12.1 Å². The highest BCUT2D eigenvalue weighted by Crippen LogP contribution is 2.32. The monoisotopic (exact) mass is 485 g/mol. The molecule has 0 saturated heterocycles. The van der Waals surface area contributed by atoms with Crippen LogP contribution in [0.5, 0.6) is 0 Å². The van der Waals surface area contributed by atoms with Gasteiger partial charge in [-0.15, -0.1) is 11.3 Å².